The highest BCUT2D eigenvalue weighted by atomic mass is 35.5. The summed E-state index contributed by atoms with van der Waals surface area (Å²) >= 11 is 11.9. The van der Waals surface area contributed by atoms with E-state index in [1.54, 1.807) is 36.4 Å². The lowest BCUT2D eigenvalue weighted by Gasteiger charge is -2.08. The summed E-state index contributed by atoms with van der Waals surface area (Å²) in [5, 5.41) is 3.70. The van der Waals surface area contributed by atoms with Crippen LogP contribution in [0, 0.1) is 0 Å². The molecular formula is C20H17Cl2N3O2. The zero-order valence-electron chi connectivity index (χ0n) is 14.6. The highest BCUT2D eigenvalue weighted by Gasteiger charge is 2.09. The number of aromatic nitrogens is 2. The van der Waals surface area contributed by atoms with Gasteiger partial charge in [-0.1, -0.05) is 48.3 Å². The van der Waals surface area contributed by atoms with E-state index in [4.69, 9.17) is 23.2 Å². The Bertz CT molecular complexity index is 1050. The summed E-state index contributed by atoms with van der Waals surface area (Å²) in [7, 11) is 0. The maximum Gasteiger partial charge on any atom is 0.251 e. The smallest absolute Gasteiger partial charge is 0.251 e. The monoisotopic (exact) mass is 401 g/mol. The molecule has 0 unspecified atom stereocenters. The van der Waals surface area contributed by atoms with E-state index in [1.807, 2.05) is 13.0 Å². The zero-order chi connectivity index (χ0) is 19.4. The molecule has 2 aromatic carbocycles. The predicted octanol–water partition coefficient (Wildman–Crippen LogP) is 4.49. The number of aromatic amines is 1. The first-order valence-electron chi connectivity index (χ1n) is 8.39. The van der Waals surface area contributed by atoms with Gasteiger partial charge in [0.1, 0.15) is 5.82 Å². The number of H-pyrrole nitrogens is 1. The summed E-state index contributed by atoms with van der Waals surface area (Å²) in [4.78, 5) is 31.3. The van der Waals surface area contributed by atoms with Crippen LogP contribution in [-0.4, -0.2) is 15.9 Å². The molecule has 1 amide bonds. The van der Waals surface area contributed by atoms with Crippen molar-refractivity contribution in [3.8, 4) is 11.4 Å². The SMILES string of the molecule is CCc1cc(=O)[nH]c(-c2cccc(NC(=O)Cc3ccc(Cl)c(Cl)c3)c2)n1. The topological polar surface area (TPSA) is 74.8 Å². The van der Waals surface area contributed by atoms with E-state index in [9.17, 15) is 9.59 Å². The third-order valence-electron chi connectivity index (χ3n) is 3.93. The largest absolute Gasteiger partial charge is 0.326 e. The molecule has 3 aromatic rings. The molecule has 0 atom stereocenters. The summed E-state index contributed by atoms with van der Waals surface area (Å²) in [5.41, 5.74) is 2.60. The van der Waals surface area contributed by atoms with Gasteiger partial charge in [-0.3, -0.25) is 9.59 Å². The van der Waals surface area contributed by atoms with Gasteiger partial charge in [0.05, 0.1) is 16.5 Å². The number of hydrogen-bond acceptors (Lipinski definition) is 3. The summed E-state index contributed by atoms with van der Waals surface area (Å²) < 4.78 is 0. The fourth-order valence-electron chi connectivity index (χ4n) is 2.61. The van der Waals surface area contributed by atoms with E-state index in [0.29, 0.717) is 33.7 Å². The minimum Gasteiger partial charge on any atom is -0.326 e. The Balaban J connectivity index is 1.77. The maximum absolute atomic E-state index is 12.3. The Morgan fingerprint density at radius 3 is 2.67 bits per heavy atom. The van der Waals surface area contributed by atoms with Gasteiger partial charge >= 0.3 is 0 Å². The van der Waals surface area contributed by atoms with Crippen LogP contribution >= 0.6 is 23.2 Å². The van der Waals surface area contributed by atoms with E-state index in [1.165, 1.54) is 6.07 Å². The number of carbonyl (C=O) groups is 1. The van der Waals surface area contributed by atoms with E-state index in [-0.39, 0.29) is 17.9 Å². The third kappa shape index (κ3) is 4.96. The van der Waals surface area contributed by atoms with Crippen molar-refractivity contribution in [1.29, 1.82) is 0 Å². The highest BCUT2D eigenvalue weighted by molar-refractivity contribution is 6.42. The second-order valence-electron chi connectivity index (χ2n) is 5.99. The molecule has 1 heterocycles. The van der Waals surface area contributed by atoms with Gasteiger partial charge in [0, 0.05) is 23.0 Å². The highest BCUT2D eigenvalue weighted by Crippen LogP contribution is 2.23. The molecule has 27 heavy (non-hydrogen) atoms. The molecule has 7 heteroatoms. The number of amides is 1. The number of nitrogens with zero attached hydrogens (tertiary/aromatic N) is 1. The molecule has 2 N–H and O–H groups in total. The van der Waals surface area contributed by atoms with Crippen molar-refractivity contribution in [3.05, 3.63) is 80.2 Å². The maximum atomic E-state index is 12.3. The Morgan fingerprint density at radius 2 is 1.93 bits per heavy atom. The number of hydrogen-bond donors (Lipinski definition) is 2. The van der Waals surface area contributed by atoms with Crippen LogP contribution in [0.1, 0.15) is 18.2 Å². The van der Waals surface area contributed by atoms with Crippen molar-refractivity contribution >= 4 is 34.8 Å². The predicted molar refractivity (Wildman–Crippen MR) is 108 cm³/mol. The summed E-state index contributed by atoms with van der Waals surface area (Å²) in [6.45, 7) is 1.94. The van der Waals surface area contributed by atoms with Crippen LogP contribution in [0.4, 0.5) is 5.69 Å². The zero-order valence-corrected chi connectivity index (χ0v) is 16.1. The second-order valence-corrected chi connectivity index (χ2v) is 6.81. The van der Waals surface area contributed by atoms with Crippen molar-refractivity contribution in [1.82, 2.24) is 9.97 Å². The third-order valence-corrected chi connectivity index (χ3v) is 4.66. The minimum absolute atomic E-state index is 0.168. The molecule has 0 saturated heterocycles. The van der Waals surface area contributed by atoms with Crippen molar-refractivity contribution in [2.45, 2.75) is 19.8 Å². The van der Waals surface area contributed by atoms with Crippen LogP contribution in [0.3, 0.4) is 0 Å². The molecule has 0 aliphatic heterocycles. The molecule has 1 aromatic heterocycles. The molecule has 0 spiro atoms. The minimum atomic E-state index is -0.203. The fraction of sp³-hybridized carbons (Fsp3) is 0.150. The van der Waals surface area contributed by atoms with E-state index >= 15 is 0 Å². The number of carbonyl (C=O) groups excluding carboxylic acids is 1. The molecule has 0 aliphatic carbocycles. The normalized spacial score (nSPS) is 10.6. The van der Waals surface area contributed by atoms with Crippen LogP contribution in [0.25, 0.3) is 11.4 Å². The quantitative estimate of drug-likeness (QED) is 0.661. The van der Waals surface area contributed by atoms with Gasteiger partial charge in [0.25, 0.3) is 5.56 Å². The molecule has 0 radical (unpaired) electrons. The van der Waals surface area contributed by atoms with Gasteiger partial charge < -0.3 is 10.3 Å². The first-order valence-corrected chi connectivity index (χ1v) is 9.14. The Kier molecular flexibility index (Phi) is 5.94. The lowest BCUT2D eigenvalue weighted by Crippen LogP contribution is -2.14. The van der Waals surface area contributed by atoms with Crippen molar-refractivity contribution < 1.29 is 4.79 Å². The Morgan fingerprint density at radius 1 is 1.11 bits per heavy atom. The van der Waals surface area contributed by atoms with Gasteiger partial charge in [-0.25, -0.2) is 4.98 Å². The van der Waals surface area contributed by atoms with Gasteiger partial charge in [-0.05, 0) is 36.2 Å². The standard InChI is InChI=1S/C20H17Cl2N3O2/c1-2-14-11-19(27)25-20(24-14)13-4-3-5-15(10-13)23-18(26)9-12-6-7-16(21)17(22)8-12/h3-8,10-11H,2,9H2,1H3,(H,23,26)(H,24,25,27). The Labute approximate surface area is 166 Å². The van der Waals surface area contributed by atoms with Crippen molar-refractivity contribution in [2.75, 3.05) is 5.32 Å². The molecule has 0 aliphatic rings. The number of rotatable bonds is 5. The molecule has 3 rings (SSSR count). The van der Waals surface area contributed by atoms with Gasteiger partial charge in [-0.2, -0.15) is 0 Å². The lowest BCUT2D eigenvalue weighted by atomic mass is 10.1. The second kappa shape index (κ2) is 8.37. The summed E-state index contributed by atoms with van der Waals surface area (Å²) in [6, 6.07) is 13.7. The molecule has 0 bridgehead atoms. The molecule has 138 valence electrons. The van der Waals surface area contributed by atoms with Crippen LogP contribution in [0.5, 0.6) is 0 Å². The average Bonchev–Trinajstić information content (AvgIpc) is 2.64. The van der Waals surface area contributed by atoms with Gasteiger partial charge in [0.15, 0.2) is 0 Å². The lowest BCUT2D eigenvalue weighted by molar-refractivity contribution is -0.115. The van der Waals surface area contributed by atoms with E-state index in [2.05, 4.69) is 15.3 Å². The fourth-order valence-corrected chi connectivity index (χ4v) is 2.93. The van der Waals surface area contributed by atoms with Gasteiger partial charge in [0.2, 0.25) is 5.91 Å². The van der Waals surface area contributed by atoms with Crippen LogP contribution in [0.2, 0.25) is 10.0 Å². The molecule has 0 saturated carbocycles. The molecular weight excluding hydrogens is 385 g/mol. The van der Waals surface area contributed by atoms with Crippen LogP contribution in [-0.2, 0) is 17.6 Å². The van der Waals surface area contributed by atoms with E-state index < -0.39 is 0 Å². The number of anilines is 1. The number of benzene rings is 2. The Hall–Kier alpha value is -2.63. The van der Waals surface area contributed by atoms with Gasteiger partial charge in [-0.15, -0.1) is 0 Å². The van der Waals surface area contributed by atoms with Crippen LogP contribution in [0.15, 0.2) is 53.3 Å². The number of nitrogens with one attached hydrogen (secondary N) is 2. The molecule has 5 nitrogen and oxygen atoms in total. The number of halogens is 2. The summed E-state index contributed by atoms with van der Waals surface area (Å²) in [6.07, 6.45) is 0.832. The molecule has 0 fully saturated rings. The first-order chi connectivity index (χ1) is 12.9. The van der Waals surface area contributed by atoms with Crippen LogP contribution < -0.4 is 10.9 Å². The summed E-state index contributed by atoms with van der Waals surface area (Å²) in [5.74, 6) is 0.286. The average molecular weight is 402 g/mol. The van der Waals surface area contributed by atoms with E-state index in [0.717, 1.165) is 11.1 Å². The number of aryl methyl sites for hydroxylation is 1. The van der Waals surface area contributed by atoms with Crippen molar-refractivity contribution in [2.24, 2.45) is 0 Å². The van der Waals surface area contributed by atoms with Crippen molar-refractivity contribution in [3.63, 3.8) is 0 Å². The first kappa shape index (κ1) is 19.1.